The van der Waals surface area contributed by atoms with Gasteiger partial charge < -0.3 is 4.90 Å². The smallest absolute Gasteiger partial charge is 0.265 e. The molecule has 1 N–H and O–H groups in total. The van der Waals surface area contributed by atoms with Crippen LogP contribution in [0.25, 0.3) is 11.1 Å². The number of fused-ring (bicyclic) bond motifs is 3. The van der Waals surface area contributed by atoms with Crippen molar-refractivity contribution in [3.05, 3.63) is 117 Å². The number of rotatable bonds is 2. The van der Waals surface area contributed by atoms with E-state index in [-0.39, 0.29) is 5.92 Å². The third-order valence-electron chi connectivity index (χ3n) is 7.67. The molecule has 4 aromatic carbocycles. The highest BCUT2D eigenvalue weighted by Crippen LogP contribution is 2.64. The van der Waals surface area contributed by atoms with E-state index in [0.29, 0.717) is 6.54 Å². The van der Waals surface area contributed by atoms with Crippen molar-refractivity contribution in [1.29, 1.82) is 5.26 Å². The van der Waals surface area contributed by atoms with Gasteiger partial charge in [0.1, 0.15) is 5.92 Å². The predicted molar refractivity (Wildman–Crippen MR) is 145 cm³/mol. The third kappa shape index (κ3) is 2.69. The molecule has 7 rings (SSSR count). The second-order valence-electron chi connectivity index (χ2n) is 9.34. The van der Waals surface area contributed by atoms with Crippen molar-refractivity contribution >= 4 is 43.2 Å². The average Bonchev–Trinajstić information content (AvgIpc) is 3.42. The molecule has 2 heterocycles. The van der Waals surface area contributed by atoms with Crippen LogP contribution in [0.4, 0.5) is 11.4 Å². The summed E-state index contributed by atoms with van der Waals surface area (Å²) < 4.78 is 2.01. The lowest BCUT2D eigenvalue weighted by Gasteiger charge is -2.44. The normalized spacial score (nSPS) is 25.1. The summed E-state index contributed by atoms with van der Waals surface area (Å²) in [5, 5.41) is 16.1. The van der Waals surface area contributed by atoms with Gasteiger partial charge in [0.2, 0.25) is 0 Å². The molecule has 3 atom stereocenters. The number of hydrogen-bond donors (Lipinski definition) is 1. The first-order chi connectivity index (χ1) is 17.6. The lowest BCUT2D eigenvalue weighted by molar-refractivity contribution is -0.570. The number of halogens is 2. The quantitative estimate of drug-likeness (QED) is 0.248. The number of benzene rings is 4. The van der Waals surface area contributed by atoms with Crippen molar-refractivity contribution in [2.45, 2.75) is 11.2 Å². The molecule has 0 radical (unpaired) electrons. The molecule has 4 aromatic rings. The summed E-state index contributed by atoms with van der Waals surface area (Å²) in [5.41, 5.74) is 8.55. The molecule has 5 nitrogen and oxygen atoms in total. The Bertz CT molecular complexity index is 1590. The van der Waals surface area contributed by atoms with Gasteiger partial charge >= 0.3 is 0 Å². The fourth-order valence-electron chi connectivity index (χ4n) is 6.22. The van der Waals surface area contributed by atoms with Crippen LogP contribution < -0.4 is 10.3 Å². The molecule has 174 valence electrons. The van der Waals surface area contributed by atoms with E-state index in [1.54, 1.807) is 0 Å². The number of nitriles is 1. The summed E-state index contributed by atoms with van der Waals surface area (Å²) in [6.07, 6.45) is 0. The molecule has 0 aromatic heterocycles. The summed E-state index contributed by atoms with van der Waals surface area (Å²) in [6, 6.07) is 36.0. The number of hydrazine groups is 1. The van der Waals surface area contributed by atoms with Gasteiger partial charge in [0.25, 0.3) is 11.4 Å². The molecule has 0 unspecified atom stereocenters. The van der Waals surface area contributed by atoms with E-state index in [4.69, 9.17) is 5.11 Å². The largest absolute Gasteiger partial charge is 0.335 e. The van der Waals surface area contributed by atoms with Crippen molar-refractivity contribution in [2.24, 2.45) is 11.0 Å². The maximum absolute atomic E-state index is 10.6. The van der Waals surface area contributed by atoms with Crippen LogP contribution in [0, 0.1) is 17.2 Å². The van der Waals surface area contributed by atoms with Gasteiger partial charge in [-0.25, -0.2) is 0 Å². The van der Waals surface area contributed by atoms with Crippen LogP contribution in [0.3, 0.4) is 0 Å². The average molecular weight is 598 g/mol. The molecule has 2 aliphatic heterocycles. The molecule has 0 bridgehead atoms. The van der Waals surface area contributed by atoms with Crippen molar-refractivity contribution in [2.75, 3.05) is 11.4 Å². The zero-order valence-electron chi connectivity index (χ0n) is 19.1. The fraction of sp³-hybridized carbons (Fsp3) is 0.138. The van der Waals surface area contributed by atoms with Crippen LogP contribution in [-0.2, 0) is 11.2 Å². The van der Waals surface area contributed by atoms with Gasteiger partial charge in [0.15, 0.2) is 5.54 Å². The Hall–Kier alpha value is -3.47. The SMILES string of the molecule is N#C[C@@H]1CN(c2ccc(Br)cc2)[C@@]23N=[N+](c4ccc(Br)cc4)N[C@@]12c1ccccc1-c1ccccc13. The molecule has 0 spiro atoms. The Morgan fingerprint density at radius 2 is 1.42 bits per heavy atom. The Kier molecular flexibility index (Phi) is 4.70. The van der Waals surface area contributed by atoms with E-state index in [9.17, 15) is 5.26 Å². The van der Waals surface area contributed by atoms with E-state index in [1.807, 2.05) is 41.2 Å². The Morgan fingerprint density at radius 3 is 2.08 bits per heavy atom. The summed E-state index contributed by atoms with van der Waals surface area (Å²) in [7, 11) is 0. The highest BCUT2D eigenvalue weighted by Gasteiger charge is 2.77. The van der Waals surface area contributed by atoms with Gasteiger partial charge in [0, 0.05) is 48.8 Å². The maximum Gasteiger partial charge on any atom is 0.265 e. The number of hydrogen-bond acceptors (Lipinski definition) is 4. The van der Waals surface area contributed by atoms with Crippen molar-refractivity contribution in [1.82, 2.24) is 5.43 Å². The van der Waals surface area contributed by atoms with Crippen molar-refractivity contribution in [3.8, 4) is 17.2 Å². The Labute approximate surface area is 225 Å². The van der Waals surface area contributed by atoms with Gasteiger partial charge in [-0.05, 0) is 53.1 Å². The zero-order valence-corrected chi connectivity index (χ0v) is 22.2. The van der Waals surface area contributed by atoms with Crippen LogP contribution in [0.1, 0.15) is 11.1 Å². The molecule has 36 heavy (non-hydrogen) atoms. The molecule has 1 fully saturated rings. The van der Waals surface area contributed by atoms with Gasteiger partial charge in [0.05, 0.1) is 6.07 Å². The number of azo groups is 1. The van der Waals surface area contributed by atoms with Crippen LogP contribution in [0.5, 0.6) is 0 Å². The van der Waals surface area contributed by atoms with Crippen molar-refractivity contribution in [3.63, 3.8) is 0 Å². The van der Waals surface area contributed by atoms with Crippen LogP contribution in [0.2, 0.25) is 0 Å². The fourth-order valence-corrected chi connectivity index (χ4v) is 6.75. The Balaban J connectivity index is 1.60. The minimum Gasteiger partial charge on any atom is -0.335 e. The van der Waals surface area contributed by atoms with Gasteiger partial charge in [-0.1, -0.05) is 80.4 Å². The first-order valence-corrected chi connectivity index (χ1v) is 13.4. The van der Waals surface area contributed by atoms with E-state index in [0.717, 1.165) is 42.6 Å². The van der Waals surface area contributed by atoms with Gasteiger partial charge in [-0.3, -0.25) is 0 Å². The maximum atomic E-state index is 10.6. The second-order valence-corrected chi connectivity index (χ2v) is 11.2. The first kappa shape index (κ1) is 21.8. The van der Waals surface area contributed by atoms with Gasteiger partial charge in [-0.15, -0.1) is 0 Å². The lowest BCUT2D eigenvalue weighted by atomic mass is 9.64. The van der Waals surface area contributed by atoms with Crippen LogP contribution in [-0.4, -0.2) is 11.4 Å². The van der Waals surface area contributed by atoms with Gasteiger partial charge in [-0.2, -0.15) is 10.7 Å². The molecule has 0 saturated carbocycles. The minimum atomic E-state index is -0.862. The highest BCUT2D eigenvalue weighted by atomic mass is 79.9. The number of nitrogens with zero attached hydrogens (tertiary/aromatic N) is 4. The standard InChI is InChI=1S/C29H20Br2N5/c30-20-9-13-22(14-10-20)35-18-19(17-32)28-26-7-3-1-5-24(26)25-6-2-4-8-27(25)29(28,35)34-36(33-28)23-15-11-21(31)12-16-23/h1-16,19H,18H2,(H,33,34)/q+1/t19-,28-,29-/m1/s1. The monoisotopic (exact) mass is 596 g/mol. The molecule has 3 aliphatic rings. The topological polar surface area (TPSA) is 54.4 Å². The Morgan fingerprint density at radius 1 is 0.833 bits per heavy atom. The zero-order chi connectivity index (χ0) is 24.5. The van der Waals surface area contributed by atoms with E-state index >= 15 is 0 Å². The predicted octanol–water partition coefficient (Wildman–Crippen LogP) is 7.21. The number of anilines is 1. The first-order valence-electron chi connectivity index (χ1n) is 11.8. The molecular weight excluding hydrogens is 578 g/mol. The van der Waals surface area contributed by atoms with Crippen LogP contribution in [0.15, 0.2) is 111 Å². The molecular formula is C29H20Br2N5+. The molecule has 0 amide bonds. The van der Waals surface area contributed by atoms with Crippen molar-refractivity contribution < 1.29 is 4.81 Å². The van der Waals surface area contributed by atoms with E-state index in [2.05, 4.69) is 109 Å². The van der Waals surface area contributed by atoms with Crippen LogP contribution >= 0.6 is 31.9 Å². The second kappa shape index (κ2) is 7.76. The number of nitrogens with one attached hydrogen (secondary N) is 1. The molecule has 1 saturated heterocycles. The molecule has 7 heteroatoms. The third-order valence-corrected chi connectivity index (χ3v) is 8.72. The molecule has 1 aliphatic carbocycles. The van der Waals surface area contributed by atoms with E-state index < -0.39 is 11.2 Å². The minimum absolute atomic E-state index is 0.361. The summed E-state index contributed by atoms with van der Waals surface area (Å²) in [6.45, 7) is 0.547. The summed E-state index contributed by atoms with van der Waals surface area (Å²) in [5.74, 6) is -0.361. The summed E-state index contributed by atoms with van der Waals surface area (Å²) in [4.78, 5) is 4.19. The summed E-state index contributed by atoms with van der Waals surface area (Å²) >= 11 is 7.12. The lowest BCUT2D eigenvalue weighted by Crippen LogP contribution is -2.59. The van der Waals surface area contributed by atoms with E-state index in [1.165, 1.54) is 0 Å². The highest BCUT2D eigenvalue weighted by molar-refractivity contribution is 9.10.